The molecule has 0 aromatic heterocycles. The lowest BCUT2D eigenvalue weighted by molar-refractivity contribution is -0.274. The lowest BCUT2D eigenvalue weighted by atomic mass is 9.91. The minimum absolute atomic E-state index is 0.208. The summed E-state index contributed by atoms with van der Waals surface area (Å²) in [7, 11) is 1.91. The van der Waals surface area contributed by atoms with Crippen molar-refractivity contribution in [2.24, 2.45) is 0 Å². The Morgan fingerprint density at radius 3 is 2.13 bits per heavy atom. The van der Waals surface area contributed by atoms with Gasteiger partial charge in [0.2, 0.25) is 0 Å². The number of fused-ring (bicyclic) bond motifs is 1. The Kier molecular flexibility index (Phi) is 4.20. The Hall–Kier alpha value is -2.17. The molecule has 122 valence electrons. The summed E-state index contributed by atoms with van der Waals surface area (Å²) in [5.41, 5.74) is 4.63. The topological polar surface area (TPSA) is 12.5 Å². The van der Waals surface area contributed by atoms with Crippen LogP contribution in [0.5, 0.6) is 5.75 Å². The number of anilines is 2. The highest BCUT2D eigenvalue weighted by molar-refractivity contribution is 5.64. The minimum atomic E-state index is -4.66. The second-order valence-corrected chi connectivity index (χ2v) is 5.76. The number of halogens is 3. The monoisotopic (exact) mass is 321 g/mol. The van der Waals surface area contributed by atoms with E-state index in [4.69, 9.17) is 0 Å². The van der Waals surface area contributed by atoms with Gasteiger partial charge in [-0.15, -0.1) is 13.2 Å². The summed E-state index contributed by atoms with van der Waals surface area (Å²) >= 11 is 0. The summed E-state index contributed by atoms with van der Waals surface area (Å²) in [5, 5.41) is 0. The van der Waals surface area contributed by atoms with Crippen LogP contribution in [-0.4, -0.2) is 13.4 Å². The Labute approximate surface area is 133 Å². The Morgan fingerprint density at radius 1 is 0.870 bits per heavy atom. The quantitative estimate of drug-likeness (QED) is 0.767. The van der Waals surface area contributed by atoms with E-state index in [1.165, 1.54) is 36.1 Å². The zero-order chi connectivity index (χ0) is 16.4. The third-order valence-corrected chi connectivity index (χ3v) is 4.18. The van der Waals surface area contributed by atoms with Gasteiger partial charge in [-0.3, -0.25) is 0 Å². The Morgan fingerprint density at radius 2 is 1.48 bits per heavy atom. The van der Waals surface area contributed by atoms with Crippen molar-refractivity contribution in [3.05, 3.63) is 53.6 Å². The van der Waals surface area contributed by atoms with Gasteiger partial charge >= 0.3 is 6.36 Å². The highest BCUT2D eigenvalue weighted by atomic mass is 19.4. The SMILES string of the molecule is CN(c1ccc(OC(F)(F)F)cc1)c1ccc2c(c1)CCCC2. The zero-order valence-electron chi connectivity index (χ0n) is 12.9. The van der Waals surface area contributed by atoms with Crippen molar-refractivity contribution in [2.45, 2.75) is 32.0 Å². The van der Waals surface area contributed by atoms with Gasteiger partial charge in [-0.1, -0.05) is 6.07 Å². The third kappa shape index (κ3) is 3.78. The lowest BCUT2D eigenvalue weighted by Gasteiger charge is -2.23. The van der Waals surface area contributed by atoms with Gasteiger partial charge in [0, 0.05) is 18.4 Å². The van der Waals surface area contributed by atoms with Gasteiger partial charge in [0.15, 0.2) is 0 Å². The van der Waals surface area contributed by atoms with Crippen molar-refractivity contribution in [1.82, 2.24) is 0 Å². The molecule has 5 heteroatoms. The number of aryl methyl sites for hydroxylation is 2. The molecule has 0 bridgehead atoms. The van der Waals surface area contributed by atoms with E-state index in [-0.39, 0.29) is 5.75 Å². The van der Waals surface area contributed by atoms with Crippen LogP contribution in [0, 0.1) is 0 Å². The molecule has 0 aliphatic heterocycles. The lowest BCUT2D eigenvalue weighted by Crippen LogP contribution is -2.17. The van der Waals surface area contributed by atoms with Crippen LogP contribution in [-0.2, 0) is 12.8 Å². The van der Waals surface area contributed by atoms with Gasteiger partial charge in [0.1, 0.15) is 5.75 Å². The number of rotatable bonds is 3. The van der Waals surface area contributed by atoms with E-state index in [9.17, 15) is 13.2 Å². The van der Waals surface area contributed by atoms with E-state index in [1.54, 1.807) is 12.1 Å². The molecule has 23 heavy (non-hydrogen) atoms. The third-order valence-electron chi connectivity index (χ3n) is 4.18. The normalized spacial score (nSPS) is 14.3. The molecule has 2 aromatic carbocycles. The highest BCUT2D eigenvalue weighted by Gasteiger charge is 2.31. The number of nitrogens with zero attached hydrogens (tertiary/aromatic N) is 1. The van der Waals surface area contributed by atoms with Gasteiger partial charge in [0.05, 0.1) is 0 Å². The fraction of sp³-hybridized carbons (Fsp3) is 0.333. The molecular weight excluding hydrogens is 303 g/mol. The smallest absolute Gasteiger partial charge is 0.406 e. The van der Waals surface area contributed by atoms with Crippen molar-refractivity contribution < 1.29 is 17.9 Å². The standard InChI is InChI=1S/C18H18F3NO/c1-22(15-8-10-17(11-9-15)23-18(19,20)21)16-7-6-13-4-2-3-5-14(13)12-16/h6-12H,2-5H2,1H3. The molecule has 0 N–H and O–H groups in total. The number of benzene rings is 2. The number of alkyl halides is 3. The highest BCUT2D eigenvalue weighted by Crippen LogP contribution is 2.31. The number of hydrogen-bond acceptors (Lipinski definition) is 2. The van der Waals surface area contributed by atoms with Gasteiger partial charge in [-0.25, -0.2) is 0 Å². The van der Waals surface area contributed by atoms with Gasteiger partial charge in [-0.2, -0.15) is 0 Å². The molecule has 3 rings (SSSR count). The first-order valence-electron chi connectivity index (χ1n) is 7.64. The van der Waals surface area contributed by atoms with Crippen LogP contribution in [0.1, 0.15) is 24.0 Å². The van der Waals surface area contributed by atoms with Crippen LogP contribution >= 0.6 is 0 Å². The average Bonchev–Trinajstić information content (AvgIpc) is 2.53. The van der Waals surface area contributed by atoms with Crippen LogP contribution < -0.4 is 9.64 Å². The maximum atomic E-state index is 12.2. The maximum absolute atomic E-state index is 12.2. The van der Waals surface area contributed by atoms with E-state index in [0.29, 0.717) is 0 Å². The molecule has 0 fully saturated rings. The van der Waals surface area contributed by atoms with Crippen molar-refractivity contribution >= 4 is 11.4 Å². The van der Waals surface area contributed by atoms with Crippen molar-refractivity contribution in [1.29, 1.82) is 0 Å². The second kappa shape index (κ2) is 6.14. The molecule has 2 nitrogen and oxygen atoms in total. The predicted molar refractivity (Wildman–Crippen MR) is 84.3 cm³/mol. The summed E-state index contributed by atoms with van der Waals surface area (Å²) < 4.78 is 40.5. The molecule has 0 spiro atoms. The van der Waals surface area contributed by atoms with Crippen molar-refractivity contribution in [3.63, 3.8) is 0 Å². The fourth-order valence-electron chi connectivity index (χ4n) is 2.95. The number of ether oxygens (including phenoxy) is 1. The van der Waals surface area contributed by atoms with E-state index >= 15 is 0 Å². The molecule has 1 aliphatic rings. The average molecular weight is 321 g/mol. The van der Waals surface area contributed by atoms with E-state index in [1.807, 2.05) is 11.9 Å². The fourth-order valence-corrected chi connectivity index (χ4v) is 2.95. The van der Waals surface area contributed by atoms with E-state index in [0.717, 1.165) is 24.2 Å². The van der Waals surface area contributed by atoms with Crippen molar-refractivity contribution in [3.8, 4) is 5.75 Å². The summed E-state index contributed by atoms with van der Waals surface area (Å²) in [5.74, 6) is -0.208. The van der Waals surface area contributed by atoms with Crippen LogP contribution in [0.3, 0.4) is 0 Å². The van der Waals surface area contributed by atoms with E-state index < -0.39 is 6.36 Å². The maximum Gasteiger partial charge on any atom is 0.573 e. The van der Waals surface area contributed by atoms with Gasteiger partial charge < -0.3 is 9.64 Å². The second-order valence-electron chi connectivity index (χ2n) is 5.76. The van der Waals surface area contributed by atoms with Crippen LogP contribution in [0.25, 0.3) is 0 Å². The van der Waals surface area contributed by atoms with Gasteiger partial charge in [0.25, 0.3) is 0 Å². The van der Waals surface area contributed by atoms with Crippen LogP contribution in [0.2, 0.25) is 0 Å². The largest absolute Gasteiger partial charge is 0.573 e. The molecule has 0 unspecified atom stereocenters. The zero-order valence-corrected chi connectivity index (χ0v) is 12.9. The first-order valence-corrected chi connectivity index (χ1v) is 7.64. The molecule has 0 saturated heterocycles. The molecule has 1 aliphatic carbocycles. The summed E-state index contributed by atoms with van der Waals surface area (Å²) in [6.45, 7) is 0. The summed E-state index contributed by atoms with van der Waals surface area (Å²) in [6.07, 6.45) is 0.0105. The number of hydrogen-bond donors (Lipinski definition) is 0. The first-order chi connectivity index (χ1) is 10.9. The molecule has 0 radical (unpaired) electrons. The predicted octanol–water partition coefficient (Wildman–Crippen LogP) is 5.23. The summed E-state index contributed by atoms with van der Waals surface area (Å²) in [6, 6.07) is 12.3. The van der Waals surface area contributed by atoms with Crippen LogP contribution in [0.4, 0.5) is 24.5 Å². The molecule has 2 aromatic rings. The molecule has 0 heterocycles. The minimum Gasteiger partial charge on any atom is -0.406 e. The molecule has 0 amide bonds. The van der Waals surface area contributed by atoms with E-state index in [2.05, 4.69) is 22.9 Å². The molecule has 0 atom stereocenters. The van der Waals surface area contributed by atoms with Gasteiger partial charge in [-0.05, 0) is 73.2 Å². The molecular formula is C18H18F3NO. The Balaban J connectivity index is 1.78. The Bertz CT molecular complexity index is 680. The van der Waals surface area contributed by atoms with Crippen molar-refractivity contribution in [2.75, 3.05) is 11.9 Å². The summed E-state index contributed by atoms with van der Waals surface area (Å²) in [4.78, 5) is 1.96. The molecule has 0 saturated carbocycles. The van der Waals surface area contributed by atoms with Crippen LogP contribution in [0.15, 0.2) is 42.5 Å². The first kappa shape index (κ1) is 15.7.